The summed E-state index contributed by atoms with van der Waals surface area (Å²) in [5.74, 6) is -0.0646. The summed E-state index contributed by atoms with van der Waals surface area (Å²) in [7, 11) is 1.74. The van der Waals surface area contributed by atoms with E-state index >= 15 is 0 Å². The average Bonchev–Trinajstić information content (AvgIpc) is 3.09. The number of aromatic nitrogens is 2. The maximum absolute atomic E-state index is 12.7. The van der Waals surface area contributed by atoms with Gasteiger partial charge < -0.3 is 0 Å². The van der Waals surface area contributed by atoms with Crippen LogP contribution in [-0.4, -0.2) is 22.9 Å². The lowest BCUT2D eigenvalue weighted by Crippen LogP contribution is -2.26. The number of nitrogens with zero attached hydrogens (tertiary/aromatic N) is 3. The van der Waals surface area contributed by atoms with Gasteiger partial charge in [0.15, 0.2) is 5.13 Å². The number of hydrogen-bond donors (Lipinski definition) is 0. The first kappa shape index (κ1) is 14.4. The van der Waals surface area contributed by atoms with E-state index < -0.39 is 0 Å². The number of hydrogen-bond acceptors (Lipinski definition) is 4. The van der Waals surface area contributed by atoms with E-state index in [0.29, 0.717) is 10.7 Å². The highest BCUT2D eigenvalue weighted by Gasteiger charge is 2.18. The summed E-state index contributed by atoms with van der Waals surface area (Å²) < 4.78 is 0. The second-order valence-corrected chi connectivity index (χ2v) is 5.80. The number of carbonyl (C=O) groups is 1. The molecule has 3 aromatic rings. The van der Waals surface area contributed by atoms with Crippen LogP contribution in [0.15, 0.2) is 54.2 Å². The Morgan fingerprint density at radius 2 is 2.00 bits per heavy atom. The Morgan fingerprint density at radius 1 is 1.14 bits per heavy atom. The molecule has 0 aliphatic heterocycles. The molecule has 0 atom stereocenters. The maximum Gasteiger partial charge on any atom is 0.260 e. The first-order valence-corrected chi connectivity index (χ1v) is 7.74. The molecule has 1 aromatic carbocycles. The van der Waals surface area contributed by atoms with Crippen molar-refractivity contribution in [3.8, 4) is 11.3 Å². The van der Waals surface area contributed by atoms with Crippen LogP contribution in [0.3, 0.4) is 0 Å². The molecule has 1 amide bonds. The van der Waals surface area contributed by atoms with Gasteiger partial charge in [0, 0.05) is 35.9 Å². The normalized spacial score (nSPS) is 10.5. The largest absolute Gasteiger partial charge is 0.287 e. The Morgan fingerprint density at radius 3 is 2.68 bits per heavy atom. The molecule has 0 saturated carbocycles. The molecule has 0 fully saturated rings. The number of anilines is 1. The number of benzene rings is 1. The minimum absolute atomic E-state index is 0.0646. The van der Waals surface area contributed by atoms with Gasteiger partial charge in [-0.1, -0.05) is 18.2 Å². The van der Waals surface area contributed by atoms with Gasteiger partial charge in [0.1, 0.15) is 0 Å². The average molecular weight is 309 g/mol. The van der Waals surface area contributed by atoms with Crippen LogP contribution in [0.2, 0.25) is 0 Å². The van der Waals surface area contributed by atoms with E-state index in [1.165, 1.54) is 11.3 Å². The third-order valence-electron chi connectivity index (χ3n) is 3.44. The summed E-state index contributed by atoms with van der Waals surface area (Å²) in [5.41, 5.74) is 3.39. The van der Waals surface area contributed by atoms with Gasteiger partial charge in [0.2, 0.25) is 0 Å². The second kappa shape index (κ2) is 6.07. The van der Waals surface area contributed by atoms with E-state index in [1.54, 1.807) is 24.3 Å². The van der Waals surface area contributed by atoms with Crippen molar-refractivity contribution in [2.24, 2.45) is 0 Å². The highest BCUT2D eigenvalue weighted by Crippen LogP contribution is 2.24. The van der Waals surface area contributed by atoms with Crippen molar-refractivity contribution in [3.05, 3.63) is 65.3 Å². The molecule has 0 bridgehead atoms. The van der Waals surface area contributed by atoms with Crippen LogP contribution in [0.1, 0.15) is 15.9 Å². The van der Waals surface area contributed by atoms with E-state index in [1.807, 2.05) is 48.7 Å². The van der Waals surface area contributed by atoms with Crippen LogP contribution >= 0.6 is 11.3 Å². The summed E-state index contributed by atoms with van der Waals surface area (Å²) in [6.45, 7) is 1.94. The predicted octanol–water partition coefficient (Wildman–Crippen LogP) is 3.79. The van der Waals surface area contributed by atoms with Crippen molar-refractivity contribution < 1.29 is 4.79 Å². The highest BCUT2D eigenvalue weighted by molar-refractivity contribution is 7.13. The van der Waals surface area contributed by atoms with Gasteiger partial charge >= 0.3 is 0 Å². The molecule has 2 aromatic heterocycles. The smallest absolute Gasteiger partial charge is 0.260 e. The fraction of sp³-hybridized carbons (Fsp3) is 0.118. The van der Waals surface area contributed by atoms with Crippen molar-refractivity contribution >= 4 is 22.4 Å². The molecular weight excluding hydrogens is 294 g/mol. The van der Waals surface area contributed by atoms with Gasteiger partial charge in [-0.3, -0.25) is 14.7 Å². The number of rotatable bonds is 3. The standard InChI is InChI=1S/C17H15N3OS/c1-12-6-7-13(15-5-3-4-8-18-15)11-14(12)16(21)20(2)17-19-9-10-22-17/h3-11H,1-2H3. The van der Waals surface area contributed by atoms with E-state index in [9.17, 15) is 4.79 Å². The SMILES string of the molecule is Cc1ccc(-c2ccccn2)cc1C(=O)N(C)c1nccs1. The predicted molar refractivity (Wildman–Crippen MR) is 89.3 cm³/mol. The summed E-state index contributed by atoms with van der Waals surface area (Å²) >= 11 is 1.44. The van der Waals surface area contributed by atoms with Crippen molar-refractivity contribution in [3.63, 3.8) is 0 Å². The first-order valence-electron chi connectivity index (χ1n) is 6.86. The third kappa shape index (κ3) is 2.76. The summed E-state index contributed by atoms with van der Waals surface area (Å²) in [5, 5.41) is 2.55. The fourth-order valence-corrected chi connectivity index (χ4v) is 2.80. The van der Waals surface area contributed by atoms with E-state index in [-0.39, 0.29) is 5.91 Å². The Labute approximate surface area is 133 Å². The molecule has 0 aliphatic rings. The van der Waals surface area contributed by atoms with E-state index in [2.05, 4.69) is 9.97 Å². The molecule has 0 saturated heterocycles. The molecular formula is C17H15N3OS. The van der Waals surface area contributed by atoms with E-state index in [4.69, 9.17) is 0 Å². The van der Waals surface area contributed by atoms with E-state index in [0.717, 1.165) is 16.8 Å². The Bertz CT molecular complexity index is 785. The van der Waals surface area contributed by atoms with Crippen LogP contribution in [0.5, 0.6) is 0 Å². The summed E-state index contributed by atoms with van der Waals surface area (Å²) in [4.78, 5) is 22.8. The number of aryl methyl sites for hydroxylation is 1. The third-order valence-corrected chi connectivity index (χ3v) is 4.29. The molecule has 0 radical (unpaired) electrons. The molecule has 0 aliphatic carbocycles. The lowest BCUT2D eigenvalue weighted by molar-refractivity contribution is 0.0992. The zero-order valence-corrected chi connectivity index (χ0v) is 13.2. The minimum atomic E-state index is -0.0646. The van der Waals surface area contributed by atoms with Crippen molar-refractivity contribution in [1.82, 2.24) is 9.97 Å². The maximum atomic E-state index is 12.7. The Balaban J connectivity index is 1.98. The topological polar surface area (TPSA) is 46.1 Å². The van der Waals surface area contributed by atoms with Crippen molar-refractivity contribution in [1.29, 1.82) is 0 Å². The zero-order valence-electron chi connectivity index (χ0n) is 12.4. The van der Waals surface area contributed by atoms with Crippen LogP contribution in [0.25, 0.3) is 11.3 Å². The number of thiazole rings is 1. The van der Waals surface area contributed by atoms with Crippen molar-refractivity contribution in [2.45, 2.75) is 6.92 Å². The minimum Gasteiger partial charge on any atom is -0.287 e. The van der Waals surface area contributed by atoms with Gasteiger partial charge in [-0.25, -0.2) is 4.98 Å². The summed E-state index contributed by atoms with van der Waals surface area (Å²) in [6.07, 6.45) is 3.44. The molecule has 22 heavy (non-hydrogen) atoms. The molecule has 4 nitrogen and oxygen atoms in total. The molecule has 0 unspecified atom stereocenters. The van der Waals surface area contributed by atoms with Gasteiger partial charge in [0.25, 0.3) is 5.91 Å². The highest BCUT2D eigenvalue weighted by atomic mass is 32.1. The molecule has 110 valence electrons. The lowest BCUT2D eigenvalue weighted by Gasteiger charge is -2.16. The fourth-order valence-electron chi connectivity index (χ4n) is 2.19. The monoisotopic (exact) mass is 309 g/mol. The number of amides is 1. The summed E-state index contributed by atoms with van der Waals surface area (Å²) in [6, 6.07) is 11.6. The van der Waals surface area contributed by atoms with Gasteiger partial charge in [0.05, 0.1) is 5.69 Å². The zero-order chi connectivity index (χ0) is 15.5. The number of carbonyl (C=O) groups excluding carboxylic acids is 1. The number of pyridine rings is 1. The molecule has 2 heterocycles. The lowest BCUT2D eigenvalue weighted by atomic mass is 10.0. The first-order chi connectivity index (χ1) is 10.7. The van der Waals surface area contributed by atoms with Crippen LogP contribution in [-0.2, 0) is 0 Å². The van der Waals surface area contributed by atoms with Gasteiger partial charge in [-0.15, -0.1) is 11.3 Å². The molecule has 3 rings (SSSR count). The molecule has 0 spiro atoms. The van der Waals surface area contributed by atoms with Crippen LogP contribution < -0.4 is 4.90 Å². The van der Waals surface area contributed by atoms with Crippen molar-refractivity contribution in [2.75, 3.05) is 11.9 Å². The Kier molecular flexibility index (Phi) is 3.98. The molecule has 0 N–H and O–H groups in total. The molecule has 5 heteroatoms. The quantitative estimate of drug-likeness (QED) is 0.739. The van der Waals surface area contributed by atoms with Crippen LogP contribution in [0.4, 0.5) is 5.13 Å². The van der Waals surface area contributed by atoms with Crippen LogP contribution in [0, 0.1) is 6.92 Å². The second-order valence-electron chi connectivity index (χ2n) is 4.92. The Hall–Kier alpha value is -2.53. The van der Waals surface area contributed by atoms with Gasteiger partial charge in [-0.05, 0) is 30.7 Å². The van der Waals surface area contributed by atoms with Gasteiger partial charge in [-0.2, -0.15) is 0 Å².